The highest BCUT2D eigenvalue weighted by molar-refractivity contribution is 7.99. The molecule has 0 spiro atoms. The van der Waals surface area contributed by atoms with Gasteiger partial charge in [0.2, 0.25) is 5.91 Å². The lowest BCUT2D eigenvalue weighted by Crippen LogP contribution is -2.27. The average Bonchev–Trinajstić information content (AvgIpc) is 3.13. The quantitative estimate of drug-likeness (QED) is 0.461. The number of fused-ring (bicyclic) bond motifs is 1. The van der Waals surface area contributed by atoms with E-state index in [1.165, 1.54) is 27.9 Å². The van der Waals surface area contributed by atoms with E-state index in [0.29, 0.717) is 23.2 Å². The van der Waals surface area contributed by atoms with Crippen molar-refractivity contribution in [2.75, 3.05) is 12.3 Å². The van der Waals surface area contributed by atoms with Crippen LogP contribution in [0.4, 0.5) is 0 Å². The maximum atomic E-state index is 12.2. The summed E-state index contributed by atoms with van der Waals surface area (Å²) in [7, 11) is 0. The van der Waals surface area contributed by atoms with E-state index in [1.54, 1.807) is 0 Å². The van der Waals surface area contributed by atoms with Gasteiger partial charge in [0.05, 0.1) is 5.75 Å². The van der Waals surface area contributed by atoms with E-state index in [1.807, 2.05) is 60.7 Å². The second kappa shape index (κ2) is 8.74. The number of aromatic nitrogens is 4. The summed E-state index contributed by atoms with van der Waals surface area (Å²) in [4.78, 5) is 33.0. The van der Waals surface area contributed by atoms with Crippen molar-refractivity contribution in [3.63, 3.8) is 0 Å². The van der Waals surface area contributed by atoms with E-state index in [2.05, 4.69) is 20.4 Å². The summed E-state index contributed by atoms with van der Waals surface area (Å²) in [5.41, 5.74) is 2.22. The molecule has 2 aromatic heterocycles. The maximum Gasteiger partial charge on any atom is 0.266 e. The Morgan fingerprint density at radius 1 is 1.03 bits per heavy atom. The Kier molecular flexibility index (Phi) is 5.71. The number of carbonyl (C=O) groups excluding carboxylic acids is 1. The molecule has 0 atom stereocenters. The largest absolute Gasteiger partial charge is 0.355 e. The van der Waals surface area contributed by atoms with Crippen molar-refractivity contribution < 1.29 is 4.79 Å². The predicted octanol–water partition coefficient (Wildman–Crippen LogP) is 2.54. The molecule has 0 fully saturated rings. The molecule has 2 aromatic carbocycles. The summed E-state index contributed by atoms with van der Waals surface area (Å²) >= 11 is 1.26. The number of thioether (sulfide) groups is 1. The molecule has 0 unspecified atom stereocenters. The molecule has 7 nitrogen and oxygen atoms in total. The smallest absolute Gasteiger partial charge is 0.266 e. The molecule has 1 amide bonds. The monoisotopic (exact) mass is 405 g/mol. The third-order valence-electron chi connectivity index (χ3n) is 4.27. The molecule has 0 saturated heterocycles. The van der Waals surface area contributed by atoms with Gasteiger partial charge in [-0.3, -0.25) is 14.7 Å². The third kappa shape index (κ3) is 4.72. The van der Waals surface area contributed by atoms with Gasteiger partial charge in [0.25, 0.3) is 5.56 Å². The Bertz CT molecular complexity index is 1170. The summed E-state index contributed by atoms with van der Waals surface area (Å²) in [6.45, 7) is 0.568. The number of hydrogen-bond donors (Lipinski definition) is 2. The summed E-state index contributed by atoms with van der Waals surface area (Å²) in [5.74, 6) is 0.611. The van der Waals surface area contributed by atoms with E-state index in [9.17, 15) is 9.59 Å². The van der Waals surface area contributed by atoms with Crippen LogP contribution < -0.4 is 10.9 Å². The van der Waals surface area contributed by atoms with Gasteiger partial charge in [0.1, 0.15) is 0 Å². The van der Waals surface area contributed by atoms with Crippen LogP contribution in [0.5, 0.6) is 0 Å². The minimum Gasteiger partial charge on any atom is -0.355 e. The SMILES string of the molecule is O=C(CSc1nc(-c2ccccc2)nc2cc(=O)[nH]n12)NCCc1ccccc1. The first-order valence-electron chi connectivity index (χ1n) is 9.18. The predicted molar refractivity (Wildman–Crippen MR) is 113 cm³/mol. The van der Waals surface area contributed by atoms with Crippen molar-refractivity contribution >= 4 is 23.3 Å². The fraction of sp³-hybridized carbons (Fsp3) is 0.143. The number of carbonyl (C=O) groups is 1. The highest BCUT2D eigenvalue weighted by Crippen LogP contribution is 2.21. The normalized spacial score (nSPS) is 10.9. The summed E-state index contributed by atoms with van der Waals surface area (Å²) in [6.07, 6.45) is 0.776. The summed E-state index contributed by atoms with van der Waals surface area (Å²) in [6, 6.07) is 20.9. The van der Waals surface area contributed by atoms with Crippen LogP contribution in [-0.4, -0.2) is 37.8 Å². The van der Waals surface area contributed by atoms with Gasteiger partial charge in [-0.15, -0.1) is 0 Å². The van der Waals surface area contributed by atoms with Gasteiger partial charge in [0, 0.05) is 18.2 Å². The Hall–Kier alpha value is -3.39. The molecule has 0 aliphatic heterocycles. The Balaban J connectivity index is 1.45. The number of nitrogens with one attached hydrogen (secondary N) is 2. The Labute approximate surface area is 171 Å². The zero-order valence-electron chi connectivity index (χ0n) is 15.5. The van der Waals surface area contributed by atoms with Crippen molar-refractivity contribution in [3.8, 4) is 11.4 Å². The lowest BCUT2D eigenvalue weighted by Gasteiger charge is -2.08. The Morgan fingerprint density at radius 2 is 1.76 bits per heavy atom. The molecule has 0 aliphatic carbocycles. The van der Waals surface area contributed by atoms with Crippen molar-refractivity contribution in [2.24, 2.45) is 0 Å². The Morgan fingerprint density at radius 3 is 2.52 bits per heavy atom. The molecule has 0 radical (unpaired) electrons. The van der Waals surface area contributed by atoms with E-state index < -0.39 is 0 Å². The topological polar surface area (TPSA) is 92.2 Å². The first kappa shape index (κ1) is 18.9. The number of H-pyrrole nitrogens is 1. The zero-order valence-corrected chi connectivity index (χ0v) is 16.4. The lowest BCUT2D eigenvalue weighted by molar-refractivity contribution is -0.118. The lowest BCUT2D eigenvalue weighted by atomic mass is 10.1. The minimum absolute atomic E-state index is 0.0894. The molecule has 146 valence electrons. The number of rotatable bonds is 7. The number of aromatic amines is 1. The molecular weight excluding hydrogens is 386 g/mol. The van der Waals surface area contributed by atoms with Gasteiger partial charge in [-0.2, -0.15) is 0 Å². The highest BCUT2D eigenvalue weighted by Gasteiger charge is 2.13. The molecule has 29 heavy (non-hydrogen) atoms. The van der Waals surface area contributed by atoms with Crippen LogP contribution in [-0.2, 0) is 11.2 Å². The van der Waals surface area contributed by atoms with Crippen LogP contribution in [0.2, 0.25) is 0 Å². The fourth-order valence-electron chi connectivity index (χ4n) is 2.87. The van der Waals surface area contributed by atoms with Crippen molar-refractivity contribution in [1.82, 2.24) is 24.9 Å². The van der Waals surface area contributed by atoms with E-state index >= 15 is 0 Å². The number of nitrogens with zero attached hydrogens (tertiary/aromatic N) is 3. The van der Waals surface area contributed by atoms with Gasteiger partial charge in [0.15, 0.2) is 16.6 Å². The molecular formula is C21H19N5O2S. The first-order valence-corrected chi connectivity index (χ1v) is 10.2. The highest BCUT2D eigenvalue weighted by atomic mass is 32.2. The van der Waals surface area contributed by atoms with Crippen molar-refractivity contribution in [1.29, 1.82) is 0 Å². The maximum absolute atomic E-state index is 12.2. The van der Waals surface area contributed by atoms with Gasteiger partial charge in [-0.05, 0) is 12.0 Å². The van der Waals surface area contributed by atoms with Crippen molar-refractivity contribution in [3.05, 3.63) is 82.6 Å². The number of benzene rings is 2. The number of hydrogen-bond acceptors (Lipinski definition) is 5. The van der Waals surface area contributed by atoms with E-state index in [0.717, 1.165) is 12.0 Å². The van der Waals surface area contributed by atoms with E-state index in [4.69, 9.17) is 0 Å². The molecule has 2 heterocycles. The van der Waals surface area contributed by atoms with Crippen molar-refractivity contribution in [2.45, 2.75) is 11.6 Å². The van der Waals surface area contributed by atoms with E-state index in [-0.39, 0.29) is 17.2 Å². The standard InChI is InChI=1S/C21H19N5O2S/c27-18-13-17-23-20(16-9-5-2-6-10-16)24-21(26(17)25-18)29-14-19(28)22-12-11-15-7-3-1-4-8-15/h1-10,13H,11-12,14H2,(H,22,28)(H,25,27). The molecule has 0 saturated carbocycles. The second-order valence-electron chi connectivity index (χ2n) is 6.38. The fourth-order valence-corrected chi connectivity index (χ4v) is 3.65. The molecule has 0 bridgehead atoms. The molecule has 4 rings (SSSR count). The van der Waals surface area contributed by atoms with Crippen LogP contribution >= 0.6 is 11.8 Å². The van der Waals surface area contributed by atoms with Crippen LogP contribution in [0.3, 0.4) is 0 Å². The van der Waals surface area contributed by atoms with Crippen LogP contribution in [0.25, 0.3) is 17.0 Å². The molecule has 8 heteroatoms. The third-order valence-corrected chi connectivity index (χ3v) is 5.21. The molecule has 2 N–H and O–H groups in total. The van der Waals surface area contributed by atoms with Crippen LogP contribution in [0.15, 0.2) is 76.7 Å². The van der Waals surface area contributed by atoms with Gasteiger partial charge in [-0.25, -0.2) is 14.5 Å². The first-order chi connectivity index (χ1) is 14.2. The van der Waals surface area contributed by atoms with Crippen LogP contribution in [0, 0.1) is 0 Å². The van der Waals surface area contributed by atoms with Gasteiger partial charge in [-0.1, -0.05) is 72.4 Å². The van der Waals surface area contributed by atoms with Gasteiger partial charge >= 0.3 is 0 Å². The number of amides is 1. The van der Waals surface area contributed by atoms with Crippen LogP contribution in [0.1, 0.15) is 5.56 Å². The summed E-state index contributed by atoms with van der Waals surface area (Å²) < 4.78 is 1.51. The minimum atomic E-state index is -0.265. The molecule has 0 aliphatic rings. The van der Waals surface area contributed by atoms with Gasteiger partial charge < -0.3 is 5.32 Å². The second-order valence-corrected chi connectivity index (χ2v) is 7.33. The average molecular weight is 405 g/mol. The summed E-state index contributed by atoms with van der Waals surface area (Å²) in [5, 5.41) is 6.10. The molecule has 4 aromatic rings. The zero-order chi connectivity index (χ0) is 20.1.